The molecule has 0 heterocycles. The Hall–Kier alpha value is -1.78. The number of carbonyl (C=O) groups is 1. The molecule has 0 atom stereocenters. The van der Waals surface area contributed by atoms with Gasteiger partial charge >= 0.3 is 18.0 Å². The highest BCUT2D eigenvalue weighted by Crippen LogP contribution is 2.37. The number of nitro benzene ring substituents is 1. The number of amides is 1. The zero-order valence-corrected chi connectivity index (χ0v) is 11.7. The number of alkyl halides is 5. The van der Waals surface area contributed by atoms with E-state index in [1.165, 1.54) is 12.2 Å². The van der Waals surface area contributed by atoms with Crippen molar-refractivity contribution in [3.05, 3.63) is 32.3 Å². The van der Waals surface area contributed by atoms with Crippen LogP contribution in [0.25, 0.3) is 0 Å². The number of carbonyl (C=O) groups excluding carboxylic acids is 1. The Labute approximate surface area is 122 Å². The van der Waals surface area contributed by atoms with Crippen molar-refractivity contribution in [2.45, 2.75) is 19.0 Å². The van der Waals surface area contributed by atoms with Crippen LogP contribution < -0.4 is 5.32 Å². The first-order valence-electron chi connectivity index (χ1n) is 5.08. The summed E-state index contributed by atoms with van der Waals surface area (Å²) in [6.07, 6.45) is -6.07. The number of nitrogens with zero attached hydrogens (tertiary/aromatic N) is 1. The Morgan fingerprint density at radius 2 is 1.81 bits per heavy atom. The molecule has 1 aromatic carbocycles. The zero-order chi connectivity index (χ0) is 16.6. The first-order chi connectivity index (χ1) is 9.37. The van der Waals surface area contributed by atoms with Crippen molar-refractivity contribution in [1.82, 2.24) is 0 Å². The largest absolute Gasteiger partial charge is 0.463 e. The third-order valence-electron chi connectivity index (χ3n) is 2.37. The molecule has 1 rings (SSSR count). The SMILES string of the molecule is Cc1cc(Br)c(NC(=O)C(F)(F)C(F)(F)F)cc1[N+](=O)[O-]. The maximum absolute atomic E-state index is 12.8. The average Bonchev–Trinajstić information content (AvgIpc) is 2.30. The van der Waals surface area contributed by atoms with E-state index in [1.807, 2.05) is 0 Å². The lowest BCUT2D eigenvalue weighted by Gasteiger charge is -2.19. The fourth-order valence-electron chi connectivity index (χ4n) is 1.28. The van der Waals surface area contributed by atoms with E-state index in [4.69, 9.17) is 0 Å². The second-order valence-electron chi connectivity index (χ2n) is 3.90. The molecule has 0 aliphatic rings. The molecule has 0 aliphatic carbocycles. The molecule has 0 bridgehead atoms. The van der Waals surface area contributed by atoms with Crippen molar-refractivity contribution < 1.29 is 31.7 Å². The fourth-order valence-corrected chi connectivity index (χ4v) is 1.84. The summed E-state index contributed by atoms with van der Waals surface area (Å²) in [5, 5.41) is 12.0. The average molecular weight is 377 g/mol. The van der Waals surface area contributed by atoms with E-state index in [9.17, 15) is 36.9 Å². The molecule has 0 fully saturated rings. The summed E-state index contributed by atoms with van der Waals surface area (Å²) < 4.78 is 61.6. The highest BCUT2D eigenvalue weighted by molar-refractivity contribution is 9.10. The number of nitrogens with one attached hydrogen (secondary N) is 1. The van der Waals surface area contributed by atoms with E-state index >= 15 is 0 Å². The van der Waals surface area contributed by atoms with Crippen LogP contribution >= 0.6 is 15.9 Å². The van der Waals surface area contributed by atoms with Crippen LogP contribution in [0.3, 0.4) is 0 Å². The van der Waals surface area contributed by atoms with Crippen LogP contribution in [0, 0.1) is 17.0 Å². The van der Waals surface area contributed by atoms with Crippen LogP contribution in [-0.4, -0.2) is 22.9 Å². The molecule has 1 aromatic rings. The van der Waals surface area contributed by atoms with Gasteiger partial charge in [-0.05, 0) is 28.9 Å². The van der Waals surface area contributed by atoms with Gasteiger partial charge in [0.05, 0.1) is 10.6 Å². The normalized spacial score (nSPS) is 12.1. The van der Waals surface area contributed by atoms with Crippen LogP contribution in [0.5, 0.6) is 0 Å². The predicted octanol–water partition coefficient (Wildman–Crippen LogP) is 3.80. The maximum Gasteiger partial charge on any atom is 0.463 e. The molecule has 0 aliphatic heterocycles. The van der Waals surface area contributed by atoms with Gasteiger partial charge in [0.2, 0.25) is 0 Å². The van der Waals surface area contributed by atoms with Crippen LogP contribution in [-0.2, 0) is 4.79 Å². The minimum atomic E-state index is -6.07. The van der Waals surface area contributed by atoms with Crippen molar-refractivity contribution in [3.8, 4) is 0 Å². The minimum absolute atomic E-state index is 0.0723. The Morgan fingerprint density at radius 1 is 1.29 bits per heavy atom. The first-order valence-corrected chi connectivity index (χ1v) is 5.87. The molecule has 0 saturated heterocycles. The monoisotopic (exact) mass is 376 g/mol. The lowest BCUT2D eigenvalue weighted by atomic mass is 10.1. The smallest absolute Gasteiger partial charge is 0.319 e. The molecular weight excluding hydrogens is 371 g/mol. The molecule has 0 radical (unpaired) electrons. The van der Waals surface area contributed by atoms with E-state index in [0.29, 0.717) is 6.07 Å². The lowest BCUT2D eigenvalue weighted by Crippen LogP contribution is -2.47. The van der Waals surface area contributed by atoms with Crippen LogP contribution in [0.1, 0.15) is 5.56 Å². The van der Waals surface area contributed by atoms with Gasteiger partial charge in [0.15, 0.2) is 0 Å². The lowest BCUT2D eigenvalue weighted by molar-refractivity contribution is -0.385. The number of benzene rings is 1. The van der Waals surface area contributed by atoms with Crippen molar-refractivity contribution in [3.63, 3.8) is 0 Å². The summed E-state index contributed by atoms with van der Waals surface area (Å²) in [4.78, 5) is 20.8. The van der Waals surface area contributed by atoms with Crippen molar-refractivity contribution in [1.29, 1.82) is 0 Å². The number of aryl methyl sites for hydroxylation is 1. The van der Waals surface area contributed by atoms with Gasteiger partial charge in [-0.3, -0.25) is 14.9 Å². The van der Waals surface area contributed by atoms with Gasteiger partial charge in [0.25, 0.3) is 5.69 Å². The molecule has 11 heteroatoms. The van der Waals surface area contributed by atoms with Crippen molar-refractivity contribution in [2.24, 2.45) is 0 Å². The topological polar surface area (TPSA) is 72.2 Å². The summed E-state index contributed by atoms with van der Waals surface area (Å²) >= 11 is 2.81. The number of rotatable bonds is 3. The first kappa shape index (κ1) is 17.3. The summed E-state index contributed by atoms with van der Waals surface area (Å²) in [6, 6.07) is 1.79. The highest BCUT2D eigenvalue weighted by Gasteiger charge is 2.63. The summed E-state index contributed by atoms with van der Waals surface area (Å²) in [5.41, 5.74) is -0.975. The Balaban J connectivity index is 3.17. The van der Waals surface area contributed by atoms with Crippen LogP contribution in [0.4, 0.5) is 33.3 Å². The van der Waals surface area contributed by atoms with E-state index in [2.05, 4.69) is 15.9 Å². The summed E-state index contributed by atoms with van der Waals surface area (Å²) in [6.45, 7) is 1.33. The molecule has 5 nitrogen and oxygen atoms in total. The van der Waals surface area contributed by atoms with Crippen LogP contribution in [0.2, 0.25) is 0 Å². The second-order valence-corrected chi connectivity index (χ2v) is 4.76. The number of hydrogen-bond acceptors (Lipinski definition) is 3. The van der Waals surface area contributed by atoms with Gasteiger partial charge in [-0.15, -0.1) is 0 Å². The van der Waals surface area contributed by atoms with E-state index in [1.54, 1.807) is 0 Å². The number of anilines is 1. The number of nitro groups is 1. The fraction of sp³-hybridized carbons (Fsp3) is 0.300. The molecule has 1 N–H and O–H groups in total. The molecule has 0 aromatic heterocycles. The van der Waals surface area contributed by atoms with Crippen molar-refractivity contribution in [2.75, 3.05) is 5.32 Å². The molecule has 0 saturated carbocycles. The van der Waals surface area contributed by atoms with Gasteiger partial charge in [0, 0.05) is 16.1 Å². The van der Waals surface area contributed by atoms with Crippen LogP contribution in [0.15, 0.2) is 16.6 Å². The number of hydrogen-bond donors (Lipinski definition) is 1. The summed E-state index contributed by atoms with van der Waals surface area (Å²) in [7, 11) is 0. The Bertz CT molecular complexity index is 603. The molecule has 0 unspecified atom stereocenters. The second kappa shape index (κ2) is 5.54. The van der Waals surface area contributed by atoms with Crippen molar-refractivity contribution >= 4 is 33.2 Å². The Kier molecular flexibility index (Phi) is 4.56. The minimum Gasteiger partial charge on any atom is -0.319 e. The third kappa shape index (κ3) is 3.46. The van der Waals surface area contributed by atoms with E-state index in [0.717, 1.165) is 6.07 Å². The Morgan fingerprint density at radius 3 is 2.24 bits per heavy atom. The highest BCUT2D eigenvalue weighted by atomic mass is 79.9. The van der Waals surface area contributed by atoms with Gasteiger partial charge in [-0.25, -0.2) is 0 Å². The predicted molar refractivity (Wildman–Crippen MR) is 65.2 cm³/mol. The van der Waals surface area contributed by atoms with E-state index in [-0.39, 0.29) is 10.0 Å². The van der Waals surface area contributed by atoms with Gasteiger partial charge in [-0.1, -0.05) is 0 Å². The summed E-state index contributed by atoms with van der Waals surface area (Å²) in [5.74, 6) is -8.25. The molecule has 1 amide bonds. The molecule has 116 valence electrons. The molecular formula is C10H6BrF5N2O3. The molecule has 0 spiro atoms. The number of halogens is 6. The standard InChI is InChI=1S/C10H6BrF5N2O3/c1-4-2-5(11)6(3-7(4)18(20)21)17-8(19)9(12,13)10(14,15)16/h2-3H,1H3,(H,17,19). The third-order valence-corrected chi connectivity index (χ3v) is 3.03. The van der Waals surface area contributed by atoms with Gasteiger partial charge in [-0.2, -0.15) is 22.0 Å². The zero-order valence-electron chi connectivity index (χ0n) is 10.1. The van der Waals surface area contributed by atoms with Gasteiger partial charge in [0.1, 0.15) is 0 Å². The van der Waals surface area contributed by atoms with E-state index < -0.39 is 34.3 Å². The maximum atomic E-state index is 12.8. The quantitative estimate of drug-likeness (QED) is 0.495. The van der Waals surface area contributed by atoms with Gasteiger partial charge < -0.3 is 5.32 Å². The molecule has 21 heavy (non-hydrogen) atoms.